The van der Waals surface area contributed by atoms with E-state index in [1.54, 1.807) is 0 Å². The Hall–Kier alpha value is -0.820. The molecule has 7 heteroatoms. The van der Waals surface area contributed by atoms with Crippen LogP contribution in [0, 0.1) is 5.92 Å². The van der Waals surface area contributed by atoms with Crippen molar-refractivity contribution < 1.29 is 22.7 Å². The molecule has 1 aliphatic carbocycles. The van der Waals surface area contributed by atoms with Crippen LogP contribution in [0.2, 0.25) is 0 Å². The molecule has 1 amide bonds. The summed E-state index contributed by atoms with van der Waals surface area (Å²) in [6, 6.07) is 0.168. The largest absolute Gasteiger partial charge is 0.411 e. The number of alkyl halides is 3. The van der Waals surface area contributed by atoms with Crippen molar-refractivity contribution in [3.8, 4) is 0 Å². The van der Waals surface area contributed by atoms with Gasteiger partial charge in [-0.2, -0.15) is 13.2 Å². The second-order valence-corrected chi connectivity index (χ2v) is 5.01. The number of carbonyl (C=O) groups excluding carboxylic acids is 1. The summed E-state index contributed by atoms with van der Waals surface area (Å²) in [7, 11) is 0. The van der Waals surface area contributed by atoms with Gasteiger partial charge >= 0.3 is 6.18 Å². The van der Waals surface area contributed by atoms with Crippen molar-refractivity contribution in [1.29, 1.82) is 0 Å². The molecule has 0 aromatic carbocycles. The highest BCUT2D eigenvalue weighted by atomic mass is 19.4. The zero-order chi connectivity index (χ0) is 14.3. The Labute approximate surface area is 110 Å². The molecular weight excluding hydrogens is 261 g/mol. The standard InChI is InChI=1S/C12H21F3N2O2/c13-12(14,15)8-19-5-4-17-11(18)7-9-2-1-3-10(16)6-9/h9-10H,1-8,16H2,(H,17,18). The van der Waals surface area contributed by atoms with Crippen molar-refractivity contribution >= 4 is 5.91 Å². The van der Waals surface area contributed by atoms with Gasteiger partial charge in [-0.15, -0.1) is 0 Å². The minimum absolute atomic E-state index is 0.105. The molecule has 0 saturated heterocycles. The van der Waals surface area contributed by atoms with E-state index in [2.05, 4.69) is 10.1 Å². The maximum atomic E-state index is 11.8. The van der Waals surface area contributed by atoms with Gasteiger partial charge in [0.2, 0.25) is 5.91 Å². The first-order valence-electron chi connectivity index (χ1n) is 6.53. The lowest BCUT2D eigenvalue weighted by Gasteiger charge is -2.26. The quantitative estimate of drug-likeness (QED) is 0.727. The minimum Gasteiger partial charge on any atom is -0.370 e. The smallest absolute Gasteiger partial charge is 0.370 e. The first kappa shape index (κ1) is 16.2. The lowest BCUT2D eigenvalue weighted by Crippen LogP contribution is -2.33. The van der Waals surface area contributed by atoms with Gasteiger partial charge in [-0.05, 0) is 25.2 Å². The topological polar surface area (TPSA) is 64.4 Å². The van der Waals surface area contributed by atoms with Gasteiger partial charge in [-0.25, -0.2) is 0 Å². The van der Waals surface area contributed by atoms with Crippen LogP contribution < -0.4 is 11.1 Å². The molecule has 0 spiro atoms. The Morgan fingerprint density at radius 3 is 2.74 bits per heavy atom. The molecule has 0 radical (unpaired) electrons. The Bertz CT molecular complexity index is 285. The van der Waals surface area contributed by atoms with Gasteiger partial charge in [-0.1, -0.05) is 6.42 Å². The summed E-state index contributed by atoms with van der Waals surface area (Å²) in [6.45, 7) is -1.30. The molecule has 0 aromatic rings. The van der Waals surface area contributed by atoms with E-state index in [9.17, 15) is 18.0 Å². The zero-order valence-corrected chi connectivity index (χ0v) is 10.8. The predicted molar refractivity (Wildman–Crippen MR) is 64.4 cm³/mol. The molecule has 4 nitrogen and oxygen atoms in total. The summed E-state index contributed by atoms with van der Waals surface area (Å²) in [4.78, 5) is 11.5. The monoisotopic (exact) mass is 282 g/mol. The third kappa shape index (κ3) is 8.05. The average Bonchev–Trinajstić information content (AvgIpc) is 2.26. The van der Waals surface area contributed by atoms with E-state index in [0.717, 1.165) is 25.7 Å². The molecule has 0 bridgehead atoms. The molecule has 0 heterocycles. The molecule has 1 saturated carbocycles. The van der Waals surface area contributed by atoms with Crippen molar-refractivity contribution in [1.82, 2.24) is 5.32 Å². The Morgan fingerprint density at radius 2 is 2.11 bits per heavy atom. The van der Waals surface area contributed by atoms with Crippen LogP contribution in [0.1, 0.15) is 32.1 Å². The van der Waals surface area contributed by atoms with Crippen LogP contribution in [0.4, 0.5) is 13.2 Å². The summed E-state index contributed by atoms with van der Waals surface area (Å²) >= 11 is 0. The molecule has 0 aliphatic heterocycles. The maximum absolute atomic E-state index is 11.8. The highest BCUT2D eigenvalue weighted by molar-refractivity contribution is 5.76. The van der Waals surface area contributed by atoms with Gasteiger partial charge in [0.1, 0.15) is 6.61 Å². The number of rotatable bonds is 6. The number of carbonyl (C=O) groups is 1. The number of amides is 1. The van der Waals surface area contributed by atoms with E-state index in [1.165, 1.54) is 0 Å². The Kier molecular flexibility index (Phi) is 6.57. The van der Waals surface area contributed by atoms with E-state index in [-0.39, 0.29) is 25.1 Å². The van der Waals surface area contributed by atoms with Crippen LogP contribution in [-0.4, -0.2) is 37.9 Å². The van der Waals surface area contributed by atoms with Gasteiger partial charge in [0.05, 0.1) is 6.61 Å². The van der Waals surface area contributed by atoms with Crippen LogP contribution in [-0.2, 0) is 9.53 Å². The van der Waals surface area contributed by atoms with Gasteiger partial charge in [0.15, 0.2) is 0 Å². The van der Waals surface area contributed by atoms with E-state index in [4.69, 9.17) is 5.73 Å². The molecule has 2 atom stereocenters. The van der Waals surface area contributed by atoms with Crippen LogP contribution in [0.3, 0.4) is 0 Å². The summed E-state index contributed by atoms with van der Waals surface area (Å²) in [5.41, 5.74) is 5.82. The number of halogens is 3. The number of hydrogen-bond donors (Lipinski definition) is 2. The summed E-state index contributed by atoms with van der Waals surface area (Å²) in [5, 5.41) is 2.56. The summed E-state index contributed by atoms with van der Waals surface area (Å²) in [6.07, 6.45) is -0.0455. The van der Waals surface area contributed by atoms with Gasteiger partial charge in [0, 0.05) is 19.0 Å². The molecule has 1 aliphatic rings. The molecule has 112 valence electrons. The van der Waals surface area contributed by atoms with E-state index >= 15 is 0 Å². The fourth-order valence-corrected chi connectivity index (χ4v) is 2.30. The first-order valence-corrected chi connectivity index (χ1v) is 6.53. The molecule has 2 unspecified atom stereocenters. The second kappa shape index (κ2) is 7.69. The molecule has 3 N–H and O–H groups in total. The average molecular weight is 282 g/mol. The van der Waals surface area contributed by atoms with Gasteiger partial charge < -0.3 is 15.8 Å². The minimum atomic E-state index is -4.32. The normalized spacial score (nSPS) is 24.2. The Morgan fingerprint density at radius 1 is 1.37 bits per heavy atom. The van der Waals surface area contributed by atoms with Crippen molar-refractivity contribution in [2.24, 2.45) is 11.7 Å². The Balaban J connectivity index is 2.05. The number of nitrogens with two attached hydrogens (primary N) is 1. The molecule has 0 aromatic heterocycles. The van der Waals surface area contributed by atoms with Crippen molar-refractivity contribution in [2.75, 3.05) is 19.8 Å². The van der Waals surface area contributed by atoms with Crippen LogP contribution in [0.5, 0.6) is 0 Å². The molecular formula is C12H21F3N2O2. The maximum Gasteiger partial charge on any atom is 0.411 e. The van der Waals surface area contributed by atoms with Crippen LogP contribution >= 0.6 is 0 Å². The number of hydrogen-bond acceptors (Lipinski definition) is 3. The summed E-state index contributed by atoms with van der Waals surface area (Å²) in [5.74, 6) is 0.148. The highest BCUT2D eigenvalue weighted by Gasteiger charge is 2.27. The van der Waals surface area contributed by atoms with Crippen LogP contribution in [0.15, 0.2) is 0 Å². The van der Waals surface area contributed by atoms with Crippen molar-refractivity contribution in [2.45, 2.75) is 44.3 Å². The van der Waals surface area contributed by atoms with E-state index in [0.29, 0.717) is 12.3 Å². The molecule has 1 fully saturated rings. The lowest BCUT2D eigenvalue weighted by atomic mass is 9.84. The predicted octanol–water partition coefficient (Wildman–Crippen LogP) is 1.59. The SMILES string of the molecule is NC1CCCC(CC(=O)NCCOCC(F)(F)F)C1. The van der Waals surface area contributed by atoms with Crippen LogP contribution in [0.25, 0.3) is 0 Å². The van der Waals surface area contributed by atoms with E-state index in [1.807, 2.05) is 0 Å². The van der Waals surface area contributed by atoms with Gasteiger partial charge in [0.25, 0.3) is 0 Å². The second-order valence-electron chi connectivity index (χ2n) is 5.01. The highest BCUT2D eigenvalue weighted by Crippen LogP contribution is 2.25. The summed E-state index contributed by atoms with van der Waals surface area (Å²) < 4.78 is 39.7. The molecule has 19 heavy (non-hydrogen) atoms. The fraction of sp³-hybridized carbons (Fsp3) is 0.917. The number of ether oxygens (including phenoxy) is 1. The molecule has 1 rings (SSSR count). The van der Waals surface area contributed by atoms with Crippen molar-refractivity contribution in [3.05, 3.63) is 0 Å². The third-order valence-corrected chi connectivity index (χ3v) is 3.13. The fourth-order valence-electron chi connectivity index (χ4n) is 2.30. The lowest BCUT2D eigenvalue weighted by molar-refractivity contribution is -0.173. The third-order valence-electron chi connectivity index (χ3n) is 3.13. The number of nitrogens with one attached hydrogen (secondary N) is 1. The van der Waals surface area contributed by atoms with Gasteiger partial charge in [-0.3, -0.25) is 4.79 Å². The first-order chi connectivity index (χ1) is 8.87. The van der Waals surface area contributed by atoms with E-state index < -0.39 is 12.8 Å². The zero-order valence-electron chi connectivity index (χ0n) is 10.8. The van der Waals surface area contributed by atoms with Crippen molar-refractivity contribution in [3.63, 3.8) is 0 Å².